The minimum Gasteiger partial charge on any atom is -0.452 e. The van der Waals surface area contributed by atoms with Gasteiger partial charge in [-0.05, 0) is 54.4 Å². The first-order valence-electron chi connectivity index (χ1n) is 9.88. The Morgan fingerprint density at radius 2 is 1.85 bits per heavy atom. The summed E-state index contributed by atoms with van der Waals surface area (Å²) in [4.78, 5) is 24.4. The molecule has 0 fully saturated rings. The van der Waals surface area contributed by atoms with Crippen LogP contribution >= 0.6 is 11.6 Å². The van der Waals surface area contributed by atoms with Crippen LogP contribution in [0.1, 0.15) is 15.9 Å². The topological polar surface area (TPSA) is 92.8 Å². The van der Waals surface area contributed by atoms with E-state index in [1.165, 1.54) is 40.7 Å². The van der Waals surface area contributed by atoms with Gasteiger partial charge in [0.25, 0.3) is 15.9 Å². The smallest absolute Gasteiger partial charge is 0.338 e. The van der Waals surface area contributed by atoms with E-state index >= 15 is 0 Å². The Morgan fingerprint density at radius 1 is 1.06 bits per heavy atom. The summed E-state index contributed by atoms with van der Waals surface area (Å²) < 4.78 is 46.4. The molecule has 0 aliphatic carbocycles. The maximum absolute atomic E-state index is 13.8. The molecule has 7 nitrogen and oxygen atoms in total. The van der Waals surface area contributed by atoms with Crippen molar-refractivity contribution in [2.75, 3.05) is 22.8 Å². The number of carbonyl (C=O) groups excluding carboxylic acids is 2. The van der Waals surface area contributed by atoms with Crippen molar-refractivity contribution in [1.29, 1.82) is 0 Å². The van der Waals surface area contributed by atoms with Crippen LogP contribution in [0.5, 0.6) is 0 Å². The molecule has 0 saturated carbocycles. The van der Waals surface area contributed by atoms with Crippen LogP contribution in [0.2, 0.25) is 5.02 Å². The zero-order chi connectivity index (χ0) is 23.6. The highest BCUT2D eigenvalue weighted by molar-refractivity contribution is 7.92. The van der Waals surface area contributed by atoms with Gasteiger partial charge in [0.15, 0.2) is 6.61 Å². The molecule has 3 aromatic carbocycles. The molecule has 1 heterocycles. The number of esters is 1. The Balaban J connectivity index is 1.44. The first kappa shape index (κ1) is 22.8. The molecule has 1 amide bonds. The lowest BCUT2D eigenvalue weighted by molar-refractivity contribution is -0.119. The van der Waals surface area contributed by atoms with Crippen LogP contribution in [-0.4, -0.2) is 33.4 Å². The van der Waals surface area contributed by atoms with Gasteiger partial charge in [-0.25, -0.2) is 17.6 Å². The predicted molar refractivity (Wildman–Crippen MR) is 121 cm³/mol. The Morgan fingerprint density at radius 3 is 2.64 bits per heavy atom. The molecule has 33 heavy (non-hydrogen) atoms. The molecule has 0 spiro atoms. The van der Waals surface area contributed by atoms with Gasteiger partial charge in [0.05, 0.1) is 21.8 Å². The second-order valence-corrected chi connectivity index (χ2v) is 9.53. The van der Waals surface area contributed by atoms with Gasteiger partial charge in [-0.1, -0.05) is 35.9 Å². The average molecular weight is 489 g/mol. The lowest BCUT2D eigenvalue weighted by Crippen LogP contribution is -2.29. The van der Waals surface area contributed by atoms with Gasteiger partial charge in [0, 0.05) is 11.6 Å². The predicted octanol–water partition coefficient (Wildman–Crippen LogP) is 4.03. The quantitative estimate of drug-likeness (QED) is 0.529. The molecule has 10 heteroatoms. The van der Waals surface area contributed by atoms with Crippen LogP contribution in [0.3, 0.4) is 0 Å². The van der Waals surface area contributed by atoms with Crippen molar-refractivity contribution < 1.29 is 27.1 Å². The summed E-state index contributed by atoms with van der Waals surface area (Å²) in [6.45, 7) is -0.380. The summed E-state index contributed by atoms with van der Waals surface area (Å²) >= 11 is 5.67. The van der Waals surface area contributed by atoms with Crippen LogP contribution in [0.4, 0.5) is 15.8 Å². The number of fused-ring (bicyclic) bond motifs is 1. The molecule has 0 aromatic heterocycles. The fraction of sp³-hybridized carbons (Fsp3) is 0.130. The van der Waals surface area contributed by atoms with E-state index in [1.54, 1.807) is 12.1 Å². The number of halogens is 2. The van der Waals surface area contributed by atoms with Crippen molar-refractivity contribution in [2.45, 2.75) is 11.3 Å². The molecule has 1 aliphatic heterocycles. The van der Waals surface area contributed by atoms with E-state index in [0.29, 0.717) is 18.7 Å². The molecular formula is C23H18ClFN2O5S. The fourth-order valence-corrected chi connectivity index (χ4v) is 5.17. The zero-order valence-corrected chi connectivity index (χ0v) is 18.7. The third-order valence-electron chi connectivity index (χ3n) is 5.04. The average Bonchev–Trinajstić information content (AvgIpc) is 3.24. The van der Waals surface area contributed by atoms with Crippen molar-refractivity contribution in [3.05, 3.63) is 88.7 Å². The van der Waals surface area contributed by atoms with Gasteiger partial charge in [0.1, 0.15) is 5.82 Å². The monoisotopic (exact) mass is 488 g/mol. The molecule has 0 saturated heterocycles. The number of sulfonamides is 1. The Hall–Kier alpha value is -3.43. The summed E-state index contributed by atoms with van der Waals surface area (Å²) in [6, 6.07) is 16.3. The maximum Gasteiger partial charge on any atom is 0.338 e. The number of carbonyl (C=O) groups is 2. The van der Waals surface area contributed by atoms with E-state index in [1.807, 2.05) is 12.1 Å². The van der Waals surface area contributed by atoms with Crippen LogP contribution in [0, 0.1) is 5.82 Å². The van der Waals surface area contributed by atoms with Crippen LogP contribution in [0.25, 0.3) is 0 Å². The number of hydrogen-bond acceptors (Lipinski definition) is 5. The molecule has 0 unspecified atom stereocenters. The van der Waals surface area contributed by atoms with Gasteiger partial charge in [-0.15, -0.1) is 0 Å². The van der Waals surface area contributed by atoms with Crippen molar-refractivity contribution in [2.24, 2.45) is 0 Å². The second kappa shape index (κ2) is 9.21. The van der Waals surface area contributed by atoms with Gasteiger partial charge in [0.2, 0.25) is 0 Å². The zero-order valence-electron chi connectivity index (χ0n) is 17.1. The van der Waals surface area contributed by atoms with Crippen LogP contribution in [-0.2, 0) is 26.0 Å². The number of hydrogen-bond donors (Lipinski definition) is 1. The Bertz CT molecular complexity index is 1350. The largest absolute Gasteiger partial charge is 0.452 e. The Kier molecular flexibility index (Phi) is 6.35. The number of amides is 1. The van der Waals surface area contributed by atoms with E-state index in [0.717, 1.165) is 11.6 Å². The molecule has 0 atom stereocenters. The number of rotatable bonds is 6. The number of benzene rings is 3. The van der Waals surface area contributed by atoms with E-state index in [9.17, 15) is 22.4 Å². The maximum atomic E-state index is 13.8. The van der Waals surface area contributed by atoms with Crippen molar-refractivity contribution in [1.82, 2.24) is 0 Å². The van der Waals surface area contributed by atoms with Gasteiger partial charge < -0.3 is 10.1 Å². The molecule has 1 aliphatic rings. The first-order chi connectivity index (χ1) is 15.8. The molecule has 0 radical (unpaired) electrons. The van der Waals surface area contributed by atoms with Gasteiger partial charge >= 0.3 is 5.97 Å². The molecule has 4 rings (SSSR count). The van der Waals surface area contributed by atoms with Gasteiger partial charge in [-0.3, -0.25) is 9.10 Å². The summed E-state index contributed by atoms with van der Waals surface area (Å²) in [7, 11) is -3.89. The molecular weight excluding hydrogens is 471 g/mol. The summed E-state index contributed by atoms with van der Waals surface area (Å²) in [6.07, 6.45) is 0.598. The third kappa shape index (κ3) is 4.84. The van der Waals surface area contributed by atoms with Crippen molar-refractivity contribution >= 4 is 44.9 Å². The number of nitrogens with zero attached hydrogens (tertiary/aromatic N) is 1. The number of para-hydroxylation sites is 1. The normalized spacial score (nSPS) is 12.8. The number of anilines is 2. The van der Waals surface area contributed by atoms with E-state index < -0.39 is 34.3 Å². The van der Waals surface area contributed by atoms with Crippen molar-refractivity contribution in [3.8, 4) is 0 Å². The standard InChI is InChI=1S/C23H18ClFN2O5S/c24-17-8-9-20(19(25)13-17)26-22(28)14-32-23(29)16-5-3-6-18(12-16)33(30,31)27-11-10-15-4-1-2-7-21(15)27/h1-9,12-13H,10-11,14H2,(H,26,28). The highest BCUT2D eigenvalue weighted by atomic mass is 35.5. The van der Waals surface area contributed by atoms with Crippen molar-refractivity contribution in [3.63, 3.8) is 0 Å². The van der Waals surface area contributed by atoms with Crippen LogP contribution < -0.4 is 9.62 Å². The minimum atomic E-state index is -3.89. The van der Waals surface area contributed by atoms with E-state index in [-0.39, 0.29) is 21.2 Å². The number of nitrogens with one attached hydrogen (secondary N) is 1. The summed E-state index contributed by atoms with van der Waals surface area (Å²) in [5.74, 6) is -2.38. The lowest BCUT2D eigenvalue weighted by atomic mass is 10.2. The Labute approximate surface area is 194 Å². The second-order valence-electron chi connectivity index (χ2n) is 7.23. The summed E-state index contributed by atoms with van der Waals surface area (Å²) in [5.41, 5.74) is 1.39. The van der Waals surface area contributed by atoms with E-state index in [4.69, 9.17) is 16.3 Å². The number of ether oxygens (including phenoxy) is 1. The van der Waals surface area contributed by atoms with E-state index in [2.05, 4.69) is 5.32 Å². The highest BCUT2D eigenvalue weighted by Gasteiger charge is 2.31. The molecule has 170 valence electrons. The van der Waals surface area contributed by atoms with Gasteiger partial charge in [-0.2, -0.15) is 0 Å². The molecule has 3 aromatic rings. The molecule has 0 bridgehead atoms. The first-order valence-corrected chi connectivity index (χ1v) is 11.7. The lowest BCUT2D eigenvalue weighted by Gasteiger charge is -2.19. The fourth-order valence-electron chi connectivity index (χ4n) is 3.46. The highest BCUT2D eigenvalue weighted by Crippen LogP contribution is 2.32. The molecule has 1 N–H and O–H groups in total. The third-order valence-corrected chi connectivity index (χ3v) is 7.09. The minimum absolute atomic E-state index is 0.0333. The SMILES string of the molecule is O=C(COC(=O)c1cccc(S(=O)(=O)N2CCc3ccccc32)c1)Nc1ccc(Cl)cc1F. The summed E-state index contributed by atoms with van der Waals surface area (Å²) in [5, 5.41) is 2.44. The van der Waals surface area contributed by atoms with Crippen LogP contribution in [0.15, 0.2) is 71.6 Å².